The van der Waals surface area contributed by atoms with E-state index in [4.69, 9.17) is 5.73 Å². The van der Waals surface area contributed by atoms with E-state index in [1.807, 2.05) is 6.07 Å². The average molecular weight is 459 g/mol. The van der Waals surface area contributed by atoms with Crippen LogP contribution in [0.25, 0.3) is 11.1 Å². The monoisotopic (exact) mass is 458 g/mol. The molecule has 2 amide bonds. The highest BCUT2D eigenvalue weighted by atomic mass is 32.2. The number of rotatable bonds is 6. The summed E-state index contributed by atoms with van der Waals surface area (Å²) in [7, 11) is -4.42. The van der Waals surface area contributed by atoms with Crippen molar-refractivity contribution in [3.8, 4) is 11.1 Å². The first-order chi connectivity index (χ1) is 14.5. The summed E-state index contributed by atoms with van der Waals surface area (Å²) in [5.74, 6) is -1.76. The largest absolute Gasteiger partial charge is 0.366 e. The normalized spacial score (nSPS) is 11.8. The first-order valence-corrected chi connectivity index (χ1v) is 11.6. The third-order valence-corrected chi connectivity index (χ3v) is 6.40. The number of nitrogens with zero attached hydrogens (tertiary/aromatic N) is 2. The van der Waals surface area contributed by atoms with Crippen molar-refractivity contribution in [2.75, 3.05) is 4.31 Å². The van der Waals surface area contributed by atoms with Crippen LogP contribution in [0.2, 0.25) is 0 Å². The summed E-state index contributed by atoms with van der Waals surface area (Å²) >= 11 is 1.15. The molecule has 0 bridgehead atoms. The van der Waals surface area contributed by atoms with Gasteiger partial charge in [-0.1, -0.05) is 42.5 Å². The second-order valence-corrected chi connectivity index (χ2v) is 9.97. The molecule has 0 aliphatic heterocycles. The molecule has 0 aliphatic carbocycles. The molecular weight excluding hydrogens is 436 g/mol. The molecule has 0 saturated heterocycles. The number of anilines is 1. The maximum atomic E-state index is 13.3. The minimum Gasteiger partial charge on any atom is -0.366 e. The van der Waals surface area contributed by atoms with Gasteiger partial charge in [0.05, 0.1) is 16.8 Å². The quantitative estimate of drug-likeness (QED) is 0.587. The molecule has 1 aromatic heterocycles. The molecular formula is C21H22N4O4S2. The van der Waals surface area contributed by atoms with Crippen LogP contribution in [0.1, 0.15) is 41.6 Å². The van der Waals surface area contributed by atoms with E-state index in [1.54, 1.807) is 57.2 Å². The number of thiazole rings is 1. The lowest BCUT2D eigenvalue weighted by molar-refractivity contribution is 0.100. The van der Waals surface area contributed by atoms with E-state index in [0.717, 1.165) is 11.3 Å². The maximum absolute atomic E-state index is 13.3. The Bertz CT molecular complexity index is 1200. The molecule has 0 radical (unpaired) electrons. The van der Waals surface area contributed by atoms with E-state index in [9.17, 15) is 18.0 Å². The number of nitrogens with two attached hydrogens (primary N) is 1. The third-order valence-electron chi connectivity index (χ3n) is 4.10. The van der Waals surface area contributed by atoms with E-state index in [1.165, 1.54) is 17.0 Å². The van der Waals surface area contributed by atoms with Gasteiger partial charge in [-0.05, 0) is 38.0 Å². The number of carbonyl (C=O) groups is 2. The number of amides is 2. The van der Waals surface area contributed by atoms with E-state index in [2.05, 4.69) is 9.71 Å². The smallest absolute Gasteiger partial charge is 0.309 e. The zero-order valence-electron chi connectivity index (χ0n) is 17.2. The number of hydrogen-bond acceptors (Lipinski definition) is 6. The summed E-state index contributed by atoms with van der Waals surface area (Å²) in [6.07, 6.45) is 0. The van der Waals surface area contributed by atoms with E-state index in [-0.39, 0.29) is 16.9 Å². The summed E-state index contributed by atoms with van der Waals surface area (Å²) in [6.45, 7) is 4.93. The molecule has 0 atom stereocenters. The predicted octanol–water partition coefficient (Wildman–Crippen LogP) is 3.19. The summed E-state index contributed by atoms with van der Waals surface area (Å²) in [6, 6.07) is 13.5. The van der Waals surface area contributed by atoms with Crippen LogP contribution in [-0.4, -0.2) is 30.8 Å². The topological polar surface area (TPSA) is 122 Å². The number of carbonyl (C=O) groups excluding carboxylic acids is 2. The highest BCUT2D eigenvalue weighted by Crippen LogP contribution is 2.33. The number of nitrogens with one attached hydrogen (secondary N) is 1. The van der Waals surface area contributed by atoms with Crippen LogP contribution in [0.15, 0.2) is 59.4 Å². The Balaban J connectivity index is 2.29. The Kier molecular flexibility index (Phi) is 6.25. The predicted molar refractivity (Wildman–Crippen MR) is 121 cm³/mol. The molecule has 0 saturated carbocycles. The van der Waals surface area contributed by atoms with Gasteiger partial charge in [-0.2, -0.15) is 17.4 Å². The van der Waals surface area contributed by atoms with Crippen LogP contribution in [0.4, 0.5) is 5.69 Å². The molecule has 10 heteroatoms. The van der Waals surface area contributed by atoms with Crippen LogP contribution in [0, 0.1) is 0 Å². The van der Waals surface area contributed by atoms with E-state index in [0.29, 0.717) is 15.4 Å². The first-order valence-electron chi connectivity index (χ1n) is 9.26. The number of hydrogen-bond donors (Lipinski definition) is 2. The third kappa shape index (κ3) is 4.98. The molecule has 0 spiro atoms. The Hall–Kier alpha value is -3.08. The van der Waals surface area contributed by atoms with Crippen molar-refractivity contribution in [3.63, 3.8) is 0 Å². The van der Waals surface area contributed by atoms with Gasteiger partial charge in [0.2, 0.25) is 0 Å². The molecule has 3 N–H and O–H groups in total. The molecule has 2 aromatic carbocycles. The molecule has 0 unspecified atom stereocenters. The fraction of sp³-hybridized carbons (Fsp3) is 0.190. The van der Waals surface area contributed by atoms with Crippen molar-refractivity contribution in [1.29, 1.82) is 0 Å². The summed E-state index contributed by atoms with van der Waals surface area (Å²) in [4.78, 5) is 29.7. The van der Waals surface area contributed by atoms with Gasteiger partial charge in [-0.3, -0.25) is 9.59 Å². The van der Waals surface area contributed by atoms with Gasteiger partial charge >= 0.3 is 10.2 Å². The van der Waals surface area contributed by atoms with Crippen molar-refractivity contribution >= 4 is 39.0 Å². The van der Waals surface area contributed by atoms with Crippen LogP contribution < -0.4 is 14.8 Å². The van der Waals surface area contributed by atoms with Crippen molar-refractivity contribution in [2.45, 2.75) is 26.3 Å². The lowest BCUT2D eigenvalue weighted by atomic mass is 9.97. The summed E-state index contributed by atoms with van der Waals surface area (Å²) < 4.78 is 29.7. The van der Waals surface area contributed by atoms with Gasteiger partial charge in [-0.15, -0.1) is 11.3 Å². The molecule has 162 valence electrons. The second kappa shape index (κ2) is 8.58. The fourth-order valence-corrected chi connectivity index (χ4v) is 5.14. The van der Waals surface area contributed by atoms with Crippen molar-refractivity contribution in [2.24, 2.45) is 5.73 Å². The van der Waals surface area contributed by atoms with Crippen molar-refractivity contribution in [1.82, 2.24) is 9.71 Å². The van der Waals surface area contributed by atoms with Gasteiger partial charge < -0.3 is 5.73 Å². The van der Waals surface area contributed by atoms with Crippen LogP contribution in [-0.2, 0) is 10.2 Å². The number of benzene rings is 2. The van der Waals surface area contributed by atoms with Gasteiger partial charge in [-0.25, -0.2) is 4.98 Å². The standard InChI is InChI=1S/C21H22N4O4S2/c1-21(2,3)24-31(28,29)25(20(27)16-12-30-13-23-16)17-11-7-10-15(18(17)19(22)26)14-8-5-4-6-9-14/h4-13,24H,1-3H3,(H2,22,26). The molecule has 1 heterocycles. The van der Waals surface area contributed by atoms with Crippen LogP contribution in [0.3, 0.4) is 0 Å². The second-order valence-electron chi connectivity index (χ2n) is 7.73. The van der Waals surface area contributed by atoms with Crippen molar-refractivity contribution < 1.29 is 18.0 Å². The van der Waals surface area contributed by atoms with E-state index < -0.39 is 27.6 Å². The Labute approximate surface area is 184 Å². The zero-order chi connectivity index (χ0) is 22.8. The molecule has 0 aliphatic rings. The lowest BCUT2D eigenvalue weighted by Gasteiger charge is -2.29. The summed E-state index contributed by atoms with van der Waals surface area (Å²) in [5.41, 5.74) is 6.97. The number of primary amides is 1. The van der Waals surface area contributed by atoms with Crippen molar-refractivity contribution in [3.05, 3.63) is 70.7 Å². The fourth-order valence-electron chi connectivity index (χ4n) is 3.03. The van der Waals surface area contributed by atoms with E-state index >= 15 is 0 Å². The summed E-state index contributed by atoms with van der Waals surface area (Å²) in [5, 5.41) is 1.44. The minimum absolute atomic E-state index is 0.0650. The molecule has 8 nitrogen and oxygen atoms in total. The van der Waals surface area contributed by atoms with Gasteiger partial charge in [0.1, 0.15) is 5.69 Å². The Morgan fingerprint density at radius 2 is 1.74 bits per heavy atom. The van der Waals surface area contributed by atoms with Gasteiger partial charge in [0.15, 0.2) is 0 Å². The first kappa shape index (κ1) is 22.6. The average Bonchev–Trinajstić information content (AvgIpc) is 3.21. The lowest BCUT2D eigenvalue weighted by Crippen LogP contribution is -2.51. The zero-order valence-corrected chi connectivity index (χ0v) is 18.8. The number of aromatic nitrogens is 1. The van der Waals surface area contributed by atoms with Crippen LogP contribution in [0.5, 0.6) is 0 Å². The van der Waals surface area contributed by atoms with Crippen LogP contribution >= 0.6 is 11.3 Å². The molecule has 3 aromatic rings. The molecule has 3 rings (SSSR count). The SMILES string of the molecule is CC(C)(C)NS(=O)(=O)N(C(=O)c1cscn1)c1cccc(-c2ccccc2)c1C(N)=O. The Morgan fingerprint density at radius 1 is 1.06 bits per heavy atom. The molecule has 31 heavy (non-hydrogen) atoms. The highest BCUT2D eigenvalue weighted by Gasteiger charge is 2.36. The Morgan fingerprint density at radius 3 is 2.29 bits per heavy atom. The van der Waals surface area contributed by atoms with Gasteiger partial charge in [0.25, 0.3) is 11.8 Å². The minimum atomic E-state index is -4.42. The molecule has 0 fully saturated rings. The highest BCUT2D eigenvalue weighted by molar-refractivity contribution is 7.91. The van der Waals surface area contributed by atoms with Gasteiger partial charge in [0, 0.05) is 10.9 Å². The maximum Gasteiger partial charge on any atom is 0.309 e.